The summed E-state index contributed by atoms with van der Waals surface area (Å²) in [4.78, 5) is 21.4. The monoisotopic (exact) mass is 334 g/mol. The largest absolute Gasteiger partial charge is 0.353 e. The van der Waals surface area contributed by atoms with Crippen LogP contribution in [0.15, 0.2) is 71.9 Å². The van der Waals surface area contributed by atoms with E-state index in [9.17, 15) is 4.79 Å². The van der Waals surface area contributed by atoms with Gasteiger partial charge >= 0.3 is 0 Å². The molecule has 0 saturated heterocycles. The average Bonchev–Trinajstić information content (AvgIpc) is 2.63. The summed E-state index contributed by atoms with van der Waals surface area (Å²) in [5.74, 6) is 0.719. The Morgan fingerprint density at radius 3 is 2.44 bits per heavy atom. The normalized spacial score (nSPS) is 12.1. The van der Waals surface area contributed by atoms with E-state index >= 15 is 0 Å². The van der Waals surface area contributed by atoms with E-state index in [1.807, 2.05) is 48.5 Å². The van der Waals surface area contributed by atoms with Crippen molar-refractivity contribution in [1.29, 1.82) is 0 Å². The molecule has 0 aliphatic heterocycles. The molecule has 0 aliphatic carbocycles. The lowest BCUT2D eigenvalue weighted by Crippen LogP contribution is -2.28. The smallest absolute Gasteiger partial charge is 0.293 e. The van der Waals surface area contributed by atoms with E-state index in [4.69, 9.17) is 0 Å². The first-order valence-corrected chi connectivity index (χ1v) is 8.43. The molecule has 25 heavy (non-hydrogen) atoms. The van der Waals surface area contributed by atoms with Gasteiger partial charge in [-0.2, -0.15) is 0 Å². The number of nitrogens with one attached hydrogen (secondary N) is 1. The number of anilines is 1. The molecule has 5 nitrogen and oxygen atoms in total. The van der Waals surface area contributed by atoms with Crippen LogP contribution in [-0.4, -0.2) is 14.5 Å². The van der Waals surface area contributed by atoms with Crippen LogP contribution in [0.1, 0.15) is 31.1 Å². The van der Waals surface area contributed by atoms with E-state index in [1.54, 1.807) is 23.2 Å². The highest BCUT2D eigenvalue weighted by Crippen LogP contribution is 2.23. The molecule has 0 saturated carbocycles. The molecule has 0 aliphatic rings. The van der Waals surface area contributed by atoms with Crippen LogP contribution in [0.4, 0.5) is 5.82 Å². The first-order chi connectivity index (χ1) is 12.1. The minimum atomic E-state index is -0.238. The van der Waals surface area contributed by atoms with Crippen molar-refractivity contribution >= 4 is 5.82 Å². The second-order valence-corrected chi connectivity index (χ2v) is 6.37. The van der Waals surface area contributed by atoms with E-state index in [-0.39, 0.29) is 11.6 Å². The van der Waals surface area contributed by atoms with Crippen molar-refractivity contribution in [3.05, 3.63) is 88.7 Å². The molecule has 3 aromatic rings. The Bertz CT molecular complexity index is 820. The number of benzene rings is 1. The summed E-state index contributed by atoms with van der Waals surface area (Å²) in [6, 6.07) is 15.5. The van der Waals surface area contributed by atoms with E-state index in [0.29, 0.717) is 18.3 Å². The molecule has 3 rings (SSSR count). The van der Waals surface area contributed by atoms with Gasteiger partial charge in [0.05, 0.1) is 11.7 Å². The van der Waals surface area contributed by atoms with Gasteiger partial charge in [-0.3, -0.25) is 9.78 Å². The van der Waals surface area contributed by atoms with Crippen LogP contribution in [0.25, 0.3) is 0 Å². The van der Waals surface area contributed by atoms with Crippen molar-refractivity contribution in [2.45, 2.75) is 26.4 Å². The Morgan fingerprint density at radius 2 is 1.76 bits per heavy atom. The van der Waals surface area contributed by atoms with Gasteiger partial charge in [-0.1, -0.05) is 50.2 Å². The van der Waals surface area contributed by atoms with Crippen LogP contribution in [0, 0.1) is 5.92 Å². The molecule has 1 unspecified atom stereocenters. The Labute approximate surface area is 147 Å². The molecular weight excluding hydrogens is 312 g/mol. The average molecular weight is 334 g/mol. The second kappa shape index (κ2) is 7.75. The SMILES string of the molecule is CC(C)Cn1ccnc(NC(c2ccccc2)c2ccccn2)c1=O. The summed E-state index contributed by atoms with van der Waals surface area (Å²) >= 11 is 0. The van der Waals surface area contributed by atoms with Gasteiger partial charge in [-0.25, -0.2) is 4.98 Å². The van der Waals surface area contributed by atoms with E-state index in [1.165, 1.54) is 0 Å². The summed E-state index contributed by atoms with van der Waals surface area (Å²) in [5, 5.41) is 3.29. The lowest BCUT2D eigenvalue weighted by molar-refractivity contribution is 0.509. The number of hydrogen-bond donors (Lipinski definition) is 1. The highest BCUT2D eigenvalue weighted by atomic mass is 16.1. The lowest BCUT2D eigenvalue weighted by Gasteiger charge is -2.19. The Morgan fingerprint density at radius 1 is 1.00 bits per heavy atom. The minimum Gasteiger partial charge on any atom is -0.353 e. The molecule has 0 radical (unpaired) electrons. The molecule has 128 valence electrons. The van der Waals surface area contributed by atoms with E-state index < -0.39 is 0 Å². The molecule has 1 N–H and O–H groups in total. The molecule has 0 bridgehead atoms. The fraction of sp³-hybridized carbons (Fsp3) is 0.250. The molecule has 1 aromatic carbocycles. The third-order valence-electron chi connectivity index (χ3n) is 3.87. The predicted molar refractivity (Wildman–Crippen MR) is 99.5 cm³/mol. The maximum Gasteiger partial charge on any atom is 0.293 e. The fourth-order valence-electron chi connectivity index (χ4n) is 2.74. The van der Waals surface area contributed by atoms with Crippen LogP contribution >= 0.6 is 0 Å². The van der Waals surface area contributed by atoms with Crippen LogP contribution in [0.3, 0.4) is 0 Å². The van der Waals surface area contributed by atoms with Crippen LogP contribution in [0.5, 0.6) is 0 Å². The number of pyridine rings is 1. The van der Waals surface area contributed by atoms with Crippen molar-refractivity contribution in [2.75, 3.05) is 5.32 Å². The number of rotatable bonds is 6. The van der Waals surface area contributed by atoms with Crippen molar-refractivity contribution < 1.29 is 0 Å². The summed E-state index contributed by atoms with van der Waals surface area (Å²) in [6.07, 6.45) is 5.14. The Hall–Kier alpha value is -2.95. The second-order valence-electron chi connectivity index (χ2n) is 6.37. The highest BCUT2D eigenvalue weighted by Gasteiger charge is 2.17. The van der Waals surface area contributed by atoms with Crippen molar-refractivity contribution in [3.8, 4) is 0 Å². The van der Waals surface area contributed by atoms with Gasteiger partial charge in [0.2, 0.25) is 0 Å². The molecule has 1 atom stereocenters. The molecule has 5 heteroatoms. The lowest BCUT2D eigenvalue weighted by atomic mass is 10.0. The summed E-state index contributed by atoms with van der Waals surface area (Å²) in [5.41, 5.74) is 1.75. The Kier molecular flexibility index (Phi) is 5.23. The summed E-state index contributed by atoms with van der Waals surface area (Å²) in [6.45, 7) is 4.83. The molecular formula is C20H22N4O. The molecule has 0 fully saturated rings. The number of nitrogens with zero attached hydrogens (tertiary/aromatic N) is 3. The quantitative estimate of drug-likeness (QED) is 0.749. The Balaban J connectivity index is 1.98. The third kappa shape index (κ3) is 4.12. The third-order valence-corrected chi connectivity index (χ3v) is 3.87. The van der Waals surface area contributed by atoms with Crippen molar-refractivity contribution in [1.82, 2.24) is 14.5 Å². The highest BCUT2D eigenvalue weighted by molar-refractivity contribution is 5.41. The zero-order valence-electron chi connectivity index (χ0n) is 14.5. The van der Waals surface area contributed by atoms with Gasteiger partial charge in [0, 0.05) is 25.1 Å². The fourth-order valence-corrected chi connectivity index (χ4v) is 2.74. The van der Waals surface area contributed by atoms with Gasteiger partial charge in [-0.05, 0) is 23.6 Å². The zero-order valence-corrected chi connectivity index (χ0v) is 14.5. The standard InChI is InChI=1S/C20H22N4O/c1-15(2)14-24-13-12-22-19(20(24)25)23-18(16-8-4-3-5-9-16)17-10-6-7-11-21-17/h3-13,15,18H,14H2,1-2H3,(H,22,23). The van der Waals surface area contributed by atoms with Crippen LogP contribution < -0.4 is 10.9 Å². The van der Waals surface area contributed by atoms with Gasteiger partial charge in [0.15, 0.2) is 5.82 Å². The molecule has 0 amide bonds. The zero-order chi connectivity index (χ0) is 17.6. The van der Waals surface area contributed by atoms with Gasteiger partial charge in [0.1, 0.15) is 0 Å². The molecule has 0 spiro atoms. The van der Waals surface area contributed by atoms with E-state index in [2.05, 4.69) is 29.1 Å². The van der Waals surface area contributed by atoms with Crippen molar-refractivity contribution in [3.63, 3.8) is 0 Å². The van der Waals surface area contributed by atoms with Gasteiger partial charge < -0.3 is 9.88 Å². The first kappa shape index (κ1) is 16.9. The van der Waals surface area contributed by atoms with Gasteiger partial charge in [-0.15, -0.1) is 0 Å². The maximum atomic E-state index is 12.7. The van der Waals surface area contributed by atoms with Crippen LogP contribution in [0.2, 0.25) is 0 Å². The predicted octanol–water partition coefficient (Wildman–Crippen LogP) is 3.50. The molecule has 2 heterocycles. The summed E-state index contributed by atoms with van der Waals surface area (Å²) < 4.78 is 1.69. The topological polar surface area (TPSA) is 59.8 Å². The molecule has 2 aromatic heterocycles. The number of aromatic nitrogens is 3. The van der Waals surface area contributed by atoms with E-state index in [0.717, 1.165) is 11.3 Å². The van der Waals surface area contributed by atoms with Crippen LogP contribution in [-0.2, 0) is 6.54 Å². The summed E-state index contributed by atoms with van der Waals surface area (Å²) in [7, 11) is 0. The number of hydrogen-bond acceptors (Lipinski definition) is 4. The minimum absolute atomic E-state index is 0.118. The maximum absolute atomic E-state index is 12.7. The van der Waals surface area contributed by atoms with Gasteiger partial charge in [0.25, 0.3) is 5.56 Å². The first-order valence-electron chi connectivity index (χ1n) is 8.43. The van der Waals surface area contributed by atoms with Crippen molar-refractivity contribution in [2.24, 2.45) is 5.92 Å².